The predicted octanol–water partition coefficient (Wildman–Crippen LogP) is 2.06. The van der Waals surface area contributed by atoms with Crippen LogP contribution in [-0.4, -0.2) is 27.1 Å². The van der Waals surface area contributed by atoms with Crippen LogP contribution in [0, 0.1) is 0 Å². The van der Waals surface area contributed by atoms with Gasteiger partial charge in [-0.3, -0.25) is 0 Å². The van der Waals surface area contributed by atoms with Crippen molar-refractivity contribution in [2.24, 2.45) is 5.73 Å². The molecule has 0 unspecified atom stereocenters. The van der Waals surface area contributed by atoms with Crippen LogP contribution in [0.5, 0.6) is 5.75 Å². The third-order valence-corrected chi connectivity index (χ3v) is 3.27. The molecule has 0 aliphatic carbocycles. The van der Waals surface area contributed by atoms with Crippen LogP contribution in [0.1, 0.15) is 5.56 Å². The number of ether oxygens (including phenoxy) is 1. The molecule has 2 N–H and O–H groups in total. The van der Waals surface area contributed by atoms with E-state index in [1.54, 1.807) is 11.8 Å². The van der Waals surface area contributed by atoms with E-state index in [1.165, 1.54) is 0 Å². The molecular weight excluding hydrogens is 272 g/mol. The minimum atomic E-state index is 0.308. The number of hydrogen-bond acceptors (Lipinski definition) is 4. The van der Waals surface area contributed by atoms with Crippen molar-refractivity contribution >= 4 is 28.2 Å². The molecule has 0 amide bonds. The fraction of sp³-hybridized carbons (Fsp3) is 0.0714. The first-order chi connectivity index (χ1) is 9.70. The monoisotopic (exact) mass is 284 g/mol. The number of aromatic nitrogens is 3. The molecule has 0 radical (unpaired) electrons. The molecule has 5 nitrogen and oxygen atoms in total. The molecule has 1 aromatic heterocycles. The van der Waals surface area contributed by atoms with Gasteiger partial charge in [-0.15, -0.1) is 5.10 Å². The summed E-state index contributed by atoms with van der Waals surface area (Å²) in [5.74, 6) is 0.708. The van der Waals surface area contributed by atoms with Gasteiger partial charge in [0.15, 0.2) is 0 Å². The summed E-state index contributed by atoms with van der Waals surface area (Å²) in [6, 6.07) is 13.2. The molecule has 100 valence electrons. The van der Waals surface area contributed by atoms with Crippen LogP contribution in [0.3, 0.4) is 0 Å². The van der Waals surface area contributed by atoms with Gasteiger partial charge in [-0.2, -0.15) is 0 Å². The number of fused-ring (bicyclic) bond motifs is 1. The van der Waals surface area contributed by atoms with Crippen LogP contribution in [0.25, 0.3) is 16.7 Å². The van der Waals surface area contributed by atoms with Crippen molar-refractivity contribution in [3.8, 4) is 11.4 Å². The maximum Gasteiger partial charge on any atom is 0.121 e. The molecule has 0 spiro atoms. The first-order valence-corrected chi connectivity index (χ1v) is 6.40. The molecule has 1 heterocycles. The fourth-order valence-electron chi connectivity index (χ4n) is 2.07. The summed E-state index contributed by atoms with van der Waals surface area (Å²) >= 11 is 5.10. The zero-order valence-electron chi connectivity index (χ0n) is 10.8. The molecule has 2 aromatic carbocycles. The average Bonchev–Trinajstić information content (AvgIpc) is 2.90. The van der Waals surface area contributed by atoms with E-state index < -0.39 is 0 Å². The Kier molecular flexibility index (Phi) is 3.08. The number of hydrogen-bond donors (Lipinski definition) is 1. The Morgan fingerprint density at radius 3 is 2.80 bits per heavy atom. The third-order valence-electron chi connectivity index (χ3n) is 3.05. The molecule has 3 rings (SSSR count). The highest BCUT2D eigenvalue weighted by molar-refractivity contribution is 7.80. The number of thiocarbonyl (C=S) groups is 1. The number of rotatable bonds is 3. The van der Waals surface area contributed by atoms with Crippen molar-refractivity contribution in [2.75, 3.05) is 7.11 Å². The van der Waals surface area contributed by atoms with Crippen molar-refractivity contribution in [3.63, 3.8) is 0 Å². The van der Waals surface area contributed by atoms with Gasteiger partial charge >= 0.3 is 0 Å². The van der Waals surface area contributed by atoms with E-state index >= 15 is 0 Å². The first-order valence-electron chi connectivity index (χ1n) is 5.99. The number of benzene rings is 2. The van der Waals surface area contributed by atoms with Gasteiger partial charge < -0.3 is 10.5 Å². The summed E-state index contributed by atoms with van der Waals surface area (Å²) in [6.07, 6.45) is 0. The van der Waals surface area contributed by atoms with Crippen molar-refractivity contribution in [1.82, 2.24) is 15.0 Å². The number of methoxy groups -OCH3 is 1. The van der Waals surface area contributed by atoms with E-state index in [0.29, 0.717) is 10.7 Å². The quantitative estimate of drug-likeness (QED) is 0.746. The van der Waals surface area contributed by atoms with E-state index in [9.17, 15) is 0 Å². The van der Waals surface area contributed by atoms with Crippen molar-refractivity contribution in [1.29, 1.82) is 0 Å². The van der Waals surface area contributed by atoms with Crippen LogP contribution in [0.15, 0.2) is 42.5 Å². The first kappa shape index (κ1) is 12.6. The van der Waals surface area contributed by atoms with Gasteiger partial charge in [-0.1, -0.05) is 29.6 Å². The molecule has 0 saturated carbocycles. The fourth-order valence-corrected chi connectivity index (χ4v) is 2.24. The Balaban J connectivity index is 2.29. The number of nitrogens with two attached hydrogens (primary N) is 1. The lowest BCUT2D eigenvalue weighted by atomic mass is 10.1. The number of nitrogens with zero attached hydrogens (tertiary/aromatic N) is 3. The van der Waals surface area contributed by atoms with Gasteiger partial charge in [0.05, 0.1) is 18.3 Å². The summed E-state index contributed by atoms with van der Waals surface area (Å²) < 4.78 is 6.97. The van der Waals surface area contributed by atoms with Gasteiger partial charge in [0.25, 0.3) is 0 Å². The normalized spacial score (nSPS) is 10.7. The molecule has 0 aliphatic rings. The van der Waals surface area contributed by atoms with Crippen LogP contribution < -0.4 is 10.5 Å². The van der Waals surface area contributed by atoms with Crippen molar-refractivity contribution in [2.45, 2.75) is 0 Å². The second kappa shape index (κ2) is 4.90. The lowest BCUT2D eigenvalue weighted by Crippen LogP contribution is -2.14. The molecule has 20 heavy (non-hydrogen) atoms. The minimum absolute atomic E-state index is 0.308. The second-order valence-corrected chi connectivity index (χ2v) is 4.68. The molecule has 0 atom stereocenters. The maximum atomic E-state index is 5.79. The molecule has 0 saturated heterocycles. The SMILES string of the molecule is COc1ccc(C(N)=S)c(-n2nnc3ccccc32)c1. The topological polar surface area (TPSA) is 66.0 Å². The van der Waals surface area contributed by atoms with E-state index in [-0.39, 0.29) is 0 Å². The molecular formula is C14H12N4OS. The Labute approximate surface area is 121 Å². The van der Waals surface area contributed by atoms with Gasteiger partial charge in [-0.25, -0.2) is 4.68 Å². The standard InChI is InChI=1S/C14H12N4OS/c1-19-9-6-7-10(14(15)20)13(8-9)18-12-5-3-2-4-11(12)16-17-18/h2-8H,1H3,(H2,15,20). The Hall–Kier alpha value is -2.47. The number of para-hydroxylation sites is 1. The zero-order valence-corrected chi connectivity index (χ0v) is 11.6. The Morgan fingerprint density at radius 1 is 1.25 bits per heavy atom. The van der Waals surface area contributed by atoms with Gasteiger partial charge in [0.2, 0.25) is 0 Å². The summed E-state index contributed by atoms with van der Waals surface area (Å²) in [6.45, 7) is 0. The molecule has 0 aliphatic heterocycles. The van der Waals surface area contributed by atoms with Crippen LogP contribution in [-0.2, 0) is 0 Å². The molecule has 3 aromatic rings. The molecule has 0 bridgehead atoms. The van der Waals surface area contributed by atoms with Crippen LogP contribution in [0.2, 0.25) is 0 Å². The predicted molar refractivity (Wildman–Crippen MR) is 81.3 cm³/mol. The molecule has 0 fully saturated rings. The third kappa shape index (κ3) is 2.00. The minimum Gasteiger partial charge on any atom is -0.497 e. The second-order valence-electron chi connectivity index (χ2n) is 4.24. The van der Waals surface area contributed by atoms with E-state index in [4.69, 9.17) is 22.7 Å². The zero-order chi connectivity index (χ0) is 14.1. The average molecular weight is 284 g/mol. The summed E-state index contributed by atoms with van der Waals surface area (Å²) in [5.41, 5.74) is 8.97. The molecule has 6 heteroatoms. The van der Waals surface area contributed by atoms with Gasteiger partial charge in [0, 0.05) is 11.6 Å². The summed E-state index contributed by atoms with van der Waals surface area (Å²) in [5, 5.41) is 8.32. The lowest BCUT2D eigenvalue weighted by molar-refractivity contribution is 0.414. The Bertz CT molecular complexity index is 797. The van der Waals surface area contributed by atoms with E-state index in [0.717, 1.165) is 22.3 Å². The van der Waals surface area contributed by atoms with Crippen LogP contribution >= 0.6 is 12.2 Å². The lowest BCUT2D eigenvalue weighted by Gasteiger charge is -2.10. The largest absolute Gasteiger partial charge is 0.497 e. The Morgan fingerprint density at radius 2 is 2.05 bits per heavy atom. The van der Waals surface area contributed by atoms with Gasteiger partial charge in [-0.05, 0) is 24.3 Å². The van der Waals surface area contributed by atoms with Crippen molar-refractivity contribution in [3.05, 3.63) is 48.0 Å². The summed E-state index contributed by atoms with van der Waals surface area (Å²) in [7, 11) is 1.61. The van der Waals surface area contributed by atoms with Crippen molar-refractivity contribution < 1.29 is 4.74 Å². The van der Waals surface area contributed by atoms with Crippen LogP contribution in [0.4, 0.5) is 0 Å². The van der Waals surface area contributed by atoms with Gasteiger partial charge in [0.1, 0.15) is 16.3 Å². The highest BCUT2D eigenvalue weighted by Gasteiger charge is 2.13. The van der Waals surface area contributed by atoms with E-state index in [1.807, 2.05) is 42.5 Å². The maximum absolute atomic E-state index is 5.79. The highest BCUT2D eigenvalue weighted by atomic mass is 32.1. The highest BCUT2D eigenvalue weighted by Crippen LogP contribution is 2.24. The summed E-state index contributed by atoms with van der Waals surface area (Å²) in [4.78, 5) is 0.308. The smallest absolute Gasteiger partial charge is 0.121 e. The van der Waals surface area contributed by atoms with E-state index in [2.05, 4.69) is 10.3 Å².